The molecule has 0 spiro atoms. The van der Waals surface area contributed by atoms with Crippen LogP contribution in [-0.4, -0.2) is 47.8 Å². The first kappa shape index (κ1) is 10.4. The van der Waals surface area contributed by atoms with Gasteiger partial charge in [0.1, 0.15) is 18.2 Å². The van der Waals surface area contributed by atoms with E-state index in [0.717, 1.165) is 29.9 Å². The predicted molar refractivity (Wildman–Crippen MR) is 67.6 cm³/mol. The van der Waals surface area contributed by atoms with E-state index in [1.807, 2.05) is 13.2 Å². The Hall–Kier alpha value is -2.51. The maximum absolute atomic E-state index is 4.37. The zero-order valence-electron chi connectivity index (χ0n) is 10.4. The van der Waals surface area contributed by atoms with Crippen molar-refractivity contribution in [1.29, 1.82) is 0 Å². The zero-order valence-corrected chi connectivity index (χ0v) is 10.4. The molecule has 4 heterocycles. The van der Waals surface area contributed by atoms with E-state index >= 15 is 0 Å². The summed E-state index contributed by atoms with van der Waals surface area (Å²) in [5.41, 5.74) is 0.852. The summed E-state index contributed by atoms with van der Waals surface area (Å²) in [4.78, 5) is 12.6. The van der Waals surface area contributed by atoms with Crippen LogP contribution in [0.2, 0.25) is 0 Å². The largest absolute Gasteiger partial charge is 0.351 e. The molecule has 1 aliphatic heterocycles. The lowest BCUT2D eigenvalue weighted by Gasteiger charge is -2.39. The molecule has 0 aromatic carbocycles. The van der Waals surface area contributed by atoms with Crippen molar-refractivity contribution in [3.63, 3.8) is 0 Å². The van der Waals surface area contributed by atoms with Crippen molar-refractivity contribution >= 4 is 16.9 Å². The SMILES string of the molecule is Cn1ncc2c(N3CC(n4nccn4)C3)ncnc21. The minimum Gasteiger partial charge on any atom is -0.351 e. The van der Waals surface area contributed by atoms with E-state index in [9.17, 15) is 0 Å². The first-order valence-electron chi connectivity index (χ1n) is 6.06. The van der Waals surface area contributed by atoms with E-state index < -0.39 is 0 Å². The van der Waals surface area contributed by atoms with Gasteiger partial charge in [0.15, 0.2) is 5.65 Å². The van der Waals surface area contributed by atoms with Crippen molar-refractivity contribution < 1.29 is 0 Å². The smallest absolute Gasteiger partial charge is 0.163 e. The minimum absolute atomic E-state index is 0.316. The van der Waals surface area contributed by atoms with Crippen LogP contribution in [0.3, 0.4) is 0 Å². The van der Waals surface area contributed by atoms with Gasteiger partial charge in [-0.2, -0.15) is 20.1 Å². The molecule has 0 amide bonds. The Morgan fingerprint density at radius 2 is 1.89 bits per heavy atom. The Labute approximate surface area is 108 Å². The molecule has 8 heteroatoms. The van der Waals surface area contributed by atoms with Crippen molar-refractivity contribution in [2.24, 2.45) is 7.05 Å². The monoisotopic (exact) mass is 256 g/mol. The van der Waals surface area contributed by atoms with Crippen molar-refractivity contribution in [1.82, 2.24) is 34.7 Å². The molecule has 0 atom stereocenters. The van der Waals surface area contributed by atoms with Gasteiger partial charge >= 0.3 is 0 Å². The van der Waals surface area contributed by atoms with Crippen LogP contribution in [0.5, 0.6) is 0 Å². The van der Waals surface area contributed by atoms with Gasteiger partial charge in [-0.15, -0.1) is 0 Å². The molecule has 3 aromatic heterocycles. The number of hydrogen-bond acceptors (Lipinski definition) is 6. The fraction of sp³-hybridized carbons (Fsp3) is 0.364. The normalized spacial score (nSPS) is 15.9. The van der Waals surface area contributed by atoms with Gasteiger partial charge in [0, 0.05) is 20.1 Å². The van der Waals surface area contributed by atoms with Crippen molar-refractivity contribution in [2.75, 3.05) is 18.0 Å². The van der Waals surface area contributed by atoms with Crippen molar-refractivity contribution in [3.05, 3.63) is 24.9 Å². The molecule has 0 aliphatic carbocycles. The first-order chi connectivity index (χ1) is 9.33. The highest BCUT2D eigenvalue weighted by Gasteiger charge is 2.31. The minimum atomic E-state index is 0.316. The lowest BCUT2D eigenvalue weighted by molar-refractivity contribution is 0.331. The molecule has 0 N–H and O–H groups in total. The van der Waals surface area contributed by atoms with Crippen molar-refractivity contribution in [2.45, 2.75) is 6.04 Å². The van der Waals surface area contributed by atoms with Gasteiger partial charge in [-0.25, -0.2) is 9.97 Å². The zero-order chi connectivity index (χ0) is 12.8. The van der Waals surface area contributed by atoms with E-state index in [-0.39, 0.29) is 0 Å². The summed E-state index contributed by atoms with van der Waals surface area (Å²) in [6.45, 7) is 1.71. The van der Waals surface area contributed by atoms with Gasteiger partial charge in [0.25, 0.3) is 0 Å². The molecule has 1 fully saturated rings. The number of nitrogens with zero attached hydrogens (tertiary/aromatic N) is 8. The fourth-order valence-electron chi connectivity index (χ4n) is 2.39. The Morgan fingerprint density at radius 3 is 2.68 bits per heavy atom. The number of aryl methyl sites for hydroxylation is 1. The molecule has 3 aromatic rings. The summed E-state index contributed by atoms with van der Waals surface area (Å²) >= 11 is 0. The van der Waals surface area contributed by atoms with Crippen LogP contribution in [-0.2, 0) is 7.05 Å². The van der Waals surface area contributed by atoms with Crippen LogP contribution in [0.1, 0.15) is 6.04 Å². The third kappa shape index (κ3) is 1.49. The summed E-state index contributed by atoms with van der Waals surface area (Å²) in [6, 6.07) is 0.316. The van der Waals surface area contributed by atoms with Gasteiger partial charge in [-0.3, -0.25) is 4.68 Å². The number of hydrogen-bond donors (Lipinski definition) is 0. The summed E-state index contributed by atoms with van der Waals surface area (Å²) in [6.07, 6.45) is 6.79. The molecule has 0 radical (unpaired) electrons. The number of rotatable bonds is 2. The molecule has 4 rings (SSSR count). The van der Waals surface area contributed by atoms with E-state index in [2.05, 4.69) is 30.2 Å². The number of anilines is 1. The molecule has 0 bridgehead atoms. The second-order valence-corrected chi connectivity index (χ2v) is 4.61. The van der Waals surface area contributed by atoms with Gasteiger partial charge in [0.05, 0.1) is 24.0 Å². The summed E-state index contributed by atoms with van der Waals surface area (Å²) < 4.78 is 1.76. The lowest BCUT2D eigenvalue weighted by Crippen LogP contribution is -2.49. The number of fused-ring (bicyclic) bond motifs is 1. The van der Waals surface area contributed by atoms with Gasteiger partial charge in [-0.1, -0.05) is 0 Å². The Balaban J connectivity index is 1.63. The predicted octanol–water partition coefficient (Wildman–Crippen LogP) is 0.0161. The van der Waals surface area contributed by atoms with Gasteiger partial charge in [0.2, 0.25) is 0 Å². The maximum atomic E-state index is 4.37. The molecular weight excluding hydrogens is 244 g/mol. The van der Waals surface area contributed by atoms with Crippen LogP contribution in [0.4, 0.5) is 5.82 Å². The van der Waals surface area contributed by atoms with Crippen LogP contribution >= 0.6 is 0 Å². The summed E-state index contributed by atoms with van der Waals surface area (Å²) in [5, 5.41) is 13.5. The van der Waals surface area contributed by atoms with E-state index in [4.69, 9.17) is 0 Å². The average Bonchev–Trinajstić information content (AvgIpc) is 2.99. The highest BCUT2D eigenvalue weighted by molar-refractivity contribution is 5.86. The third-order valence-electron chi connectivity index (χ3n) is 3.43. The molecular formula is C11H12N8. The Morgan fingerprint density at radius 1 is 1.11 bits per heavy atom. The Kier molecular flexibility index (Phi) is 2.05. The molecule has 96 valence electrons. The quantitative estimate of drug-likeness (QED) is 0.643. The van der Waals surface area contributed by atoms with Crippen LogP contribution in [0.25, 0.3) is 11.0 Å². The average molecular weight is 256 g/mol. The summed E-state index contributed by atoms with van der Waals surface area (Å²) in [7, 11) is 1.88. The van der Waals surface area contributed by atoms with E-state index in [0.29, 0.717) is 6.04 Å². The van der Waals surface area contributed by atoms with Crippen LogP contribution in [0.15, 0.2) is 24.9 Å². The standard InChI is InChI=1S/C11H12N8/c1-17-10-9(4-16-17)11(13-7-12-10)18-5-8(6-18)19-14-2-3-15-19/h2-4,7-8H,5-6H2,1H3. The molecule has 0 saturated carbocycles. The highest BCUT2D eigenvalue weighted by Crippen LogP contribution is 2.29. The van der Waals surface area contributed by atoms with Crippen LogP contribution < -0.4 is 4.90 Å². The van der Waals surface area contributed by atoms with E-state index in [1.165, 1.54) is 0 Å². The summed E-state index contributed by atoms with van der Waals surface area (Å²) in [5.74, 6) is 0.932. The fourth-order valence-corrected chi connectivity index (χ4v) is 2.39. The lowest BCUT2D eigenvalue weighted by atomic mass is 10.1. The van der Waals surface area contributed by atoms with Gasteiger partial charge in [-0.05, 0) is 0 Å². The van der Waals surface area contributed by atoms with Gasteiger partial charge < -0.3 is 4.90 Å². The second-order valence-electron chi connectivity index (χ2n) is 4.61. The topological polar surface area (TPSA) is 77.5 Å². The maximum Gasteiger partial charge on any atom is 0.163 e. The van der Waals surface area contributed by atoms with Crippen molar-refractivity contribution in [3.8, 4) is 0 Å². The third-order valence-corrected chi connectivity index (χ3v) is 3.43. The Bertz CT molecular complexity index is 709. The first-order valence-corrected chi connectivity index (χ1v) is 6.06. The molecule has 0 unspecified atom stereocenters. The van der Waals surface area contributed by atoms with Crippen LogP contribution in [0, 0.1) is 0 Å². The highest BCUT2D eigenvalue weighted by atomic mass is 15.5. The number of aromatic nitrogens is 7. The molecule has 1 aliphatic rings. The molecule has 8 nitrogen and oxygen atoms in total. The molecule has 19 heavy (non-hydrogen) atoms. The second kappa shape index (κ2) is 3.74. The van der Waals surface area contributed by atoms with E-state index in [1.54, 1.807) is 28.2 Å². The molecule has 1 saturated heterocycles.